The standard InChI is InChI=1S/C25H31N9O2/c1-4-12-33(25(27)36)17(5-2)7-9-19-21(15(3)35)22(26)34-24(32-19)18(14-31-34)16-6-8-20(30-13-16)23-28-10-11-29-23/h6,8,10-11,13-14,17H,4-5,7,9,12,26H2,1-3H3,(H2,27,36)(H,28,29)/t17-/m1/s1. The number of rotatable bonds is 10. The number of fused-ring (bicyclic) bond motifs is 1. The van der Waals surface area contributed by atoms with Crippen molar-refractivity contribution in [2.75, 3.05) is 12.3 Å². The van der Waals surface area contributed by atoms with Gasteiger partial charge in [0.15, 0.2) is 17.3 Å². The van der Waals surface area contributed by atoms with Gasteiger partial charge in [0.1, 0.15) is 11.5 Å². The molecule has 0 radical (unpaired) electrons. The average Bonchev–Trinajstić information content (AvgIpc) is 3.54. The van der Waals surface area contributed by atoms with Crippen LogP contribution in [0.4, 0.5) is 10.6 Å². The highest BCUT2D eigenvalue weighted by atomic mass is 16.2. The van der Waals surface area contributed by atoms with Crippen LogP contribution in [0.25, 0.3) is 28.3 Å². The number of nitrogens with zero attached hydrogens (tertiary/aromatic N) is 6. The Balaban J connectivity index is 1.71. The molecule has 0 aliphatic rings. The van der Waals surface area contributed by atoms with E-state index in [4.69, 9.17) is 16.5 Å². The SMILES string of the molecule is CCCN(C(N)=O)[C@H](CC)CCc1nc2c(-c3ccc(-c4ncc[nH]4)nc3)cnn2c(N)c1C(C)=O. The van der Waals surface area contributed by atoms with Crippen molar-refractivity contribution in [1.82, 2.24) is 34.4 Å². The number of aromatic amines is 1. The predicted molar refractivity (Wildman–Crippen MR) is 137 cm³/mol. The van der Waals surface area contributed by atoms with Crippen molar-refractivity contribution < 1.29 is 9.59 Å². The number of primary amides is 1. The Morgan fingerprint density at radius 3 is 2.58 bits per heavy atom. The zero-order chi connectivity index (χ0) is 25.8. The lowest BCUT2D eigenvalue weighted by atomic mass is 10.0. The molecule has 0 fully saturated rings. The third kappa shape index (κ3) is 4.77. The third-order valence-electron chi connectivity index (χ3n) is 6.30. The molecule has 4 aromatic heterocycles. The lowest BCUT2D eigenvalue weighted by Crippen LogP contribution is -2.44. The van der Waals surface area contributed by atoms with Crippen LogP contribution in [0.2, 0.25) is 0 Å². The topological polar surface area (TPSA) is 161 Å². The summed E-state index contributed by atoms with van der Waals surface area (Å²) in [6.07, 6.45) is 9.42. The number of nitrogen functional groups attached to an aromatic ring is 1. The molecule has 11 nitrogen and oxygen atoms in total. The lowest BCUT2D eigenvalue weighted by Gasteiger charge is -2.29. The summed E-state index contributed by atoms with van der Waals surface area (Å²) in [5.74, 6) is 0.727. The number of ketones is 1. The Morgan fingerprint density at radius 2 is 2.00 bits per heavy atom. The summed E-state index contributed by atoms with van der Waals surface area (Å²) in [6.45, 7) is 6.07. The third-order valence-corrected chi connectivity index (χ3v) is 6.30. The summed E-state index contributed by atoms with van der Waals surface area (Å²) in [5, 5.41) is 4.40. The number of carbonyl (C=O) groups excluding carboxylic acids is 2. The van der Waals surface area contributed by atoms with Gasteiger partial charge in [0, 0.05) is 42.3 Å². The number of aromatic nitrogens is 6. The van der Waals surface area contributed by atoms with Crippen molar-refractivity contribution in [2.24, 2.45) is 5.73 Å². The van der Waals surface area contributed by atoms with E-state index in [0.717, 1.165) is 24.0 Å². The fourth-order valence-corrected chi connectivity index (χ4v) is 4.53. The van der Waals surface area contributed by atoms with Crippen LogP contribution in [0, 0.1) is 0 Å². The zero-order valence-corrected chi connectivity index (χ0v) is 20.7. The number of hydrogen-bond acceptors (Lipinski definition) is 7. The zero-order valence-electron chi connectivity index (χ0n) is 20.7. The molecule has 2 amide bonds. The summed E-state index contributed by atoms with van der Waals surface area (Å²) in [6, 6.07) is 3.27. The lowest BCUT2D eigenvalue weighted by molar-refractivity contribution is 0.101. The van der Waals surface area contributed by atoms with E-state index >= 15 is 0 Å². The van der Waals surface area contributed by atoms with E-state index in [1.54, 1.807) is 29.7 Å². The number of imidazole rings is 1. The molecule has 4 heterocycles. The number of carbonyl (C=O) groups is 2. The van der Waals surface area contributed by atoms with Crippen molar-refractivity contribution in [2.45, 2.75) is 52.5 Å². The number of aryl methyl sites for hydroxylation is 1. The van der Waals surface area contributed by atoms with E-state index in [1.807, 2.05) is 26.0 Å². The number of H-pyrrole nitrogens is 1. The molecule has 0 bridgehead atoms. The van der Waals surface area contributed by atoms with Crippen molar-refractivity contribution in [3.05, 3.63) is 48.2 Å². The number of amides is 2. The summed E-state index contributed by atoms with van der Waals surface area (Å²) in [7, 11) is 0. The Hall–Kier alpha value is -4.28. The minimum Gasteiger partial charge on any atom is -0.383 e. The molecule has 0 aromatic carbocycles. The molecule has 5 N–H and O–H groups in total. The number of nitrogens with two attached hydrogens (primary N) is 2. The first-order valence-corrected chi connectivity index (χ1v) is 12.0. The maximum Gasteiger partial charge on any atom is 0.315 e. The molecule has 0 unspecified atom stereocenters. The highest BCUT2D eigenvalue weighted by Gasteiger charge is 2.24. The van der Waals surface area contributed by atoms with Crippen molar-refractivity contribution >= 4 is 23.3 Å². The van der Waals surface area contributed by atoms with E-state index in [9.17, 15) is 9.59 Å². The molecule has 4 rings (SSSR count). The van der Waals surface area contributed by atoms with Crippen LogP contribution in [0.5, 0.6) is 0 Å². The first kappa shape index (κ1) is 24.8. The van der Waals surface area contributed by atoms with Crippen LogP contribution in [-0.2, 0) is 6.42 Å². The van der Waals surface area contributed by atoms with Gasteiger partial charge in [-0.3, -0.25) is 9.78 Å². The van der Waals surface area contributed by atoms with Gasteiger partial charge in [-0.05, 0) is 38.7 Å². The maximum atomic E-state index is 12.6. The Morgan fingerprint density at radius 1 is 1.19 bits per heavy atom. The number of nitrogens with one attached hydrogen (secondary N) is 1. The molecular weight excluding hydrogens is 458 g/mol. The monoisotopic (exact) mass is 489 g/mol. The van der Waals surface area contributed by atoms with Gasteiger partial charge in [0.2, 0.25) is 0 Å². The smallest absolute Gasteiger partial charge is 0.315 e. The highest BCUT2D eigenvalue weighted by Crippen LogP contribution is 2.29. The molecule has 0 saturated carbocycles. The molecule has 36 heavy (non-hydrogen) atoms. The van der Waals surface area contributed by atoms with Gasteiger partial charge in [-0.2, -0.15) is 9.61 Å². The summed E-state index contributed by atoms with van der Waals surface area (Å²) >= 11 is 0. The molecule has 0 aliphatic carbocycles. The van der Waals surface area contributed by atoms with Gasteiger partial charge in [0.25, 0.3) is 0 Å². The fraction of sp³-hybridized carbons (Fsp3) is 0.360. The fourth-order valence-electron chi connectivity index (χ4n) is 4.53. The summed E-state index contributed by atoms with van der Waals surface area (Å²) in [4.78, 5) is 42.9. The minimum atomic E-state index is -0.443. The first-order valence-electron chi connectivity index (χ1n) is 12.0. The average molecular weight is 490 g/mol. The van der Waals surface area contributed by atoms with Crippen molar-refractivity contribution in [3.8, 4) is 22.6 Å². The van der Waals surface area contributed by atoms with E-state index in [-0.39, 0.29) is 17.6 Å². The van der Waals surface area contributed by atoms with Crippen LogP contribution in [0.1, 0.15) is 56.1 Å². The van der Waals surface area contributed by atoms with Gasteiger partial charge in [-0.25, -0.2) is 14.8 Å². The Bertz CT molecular complexity index is 1360. The normalized spacial score (nSPS) is 12.1. The highest BCUT2D eigenvalue weighted by molar-refractivity contribution is 6.00. The molecule has 0 aliphatic heterocycles. The number of anilines is 1. The van der Waals surface area contributed by atoms with Gasteiger partial charge in [-0.15, -0.1) is 0 Å². The molecular formula is C25H31N9O2. The van der Waals surface area contributed by atoms with Crippen LogP contribution in [-0.4, -0.2) is 58.9 Å². The molecule has 1 atom stereocenters. The molecule has 4 aromatic rings. The van der Waals surface area contributed by atoms with Crippen LogP contribution >= 0.6 is 0 Å². The predicted octanol–water partition coefficient (Wildman–Crippen LogP) is 3.47. The second-order valence-electron chi connectivity index (χ2n) is 8.67. The van der Waals surface area contributed by atoms with Crippen LogP contribution in [0.3, 0.4) is 0 Å². The van der Waals surface area contributed by atoms with Crippen molar-refractivity contribution in [1.29, 1.82) is 0 Å². The second kappa shape index (κ2) is 10.5. The quantitative estimate of drug-likeness (QED) is 0.287. The van der Waals surface area contributed by atoms with E-state index in [2.05, 4.69) is 20.1 Å². The maximum absolute atomic E-state index is 12.6. The first-order chi connectivity index (χ1) is 17.3. The second-order valence-corrected chi connectivity index (χ2v) is 8.67. The van der Waals surface area contributed by atoms with Gasteiger partial charge in [0.05, 0.1) is 17.5 Å². The molecule has 0 spiro atoms. The largest absolute Gasteiger partial charge is 0.383 e. The number of urea groups is 1. The molecule has 11 heteroatoms. The van der Waals surface area contributed by atoms with E-state index in [0.29, 0.717) is 47.8 Å². The van der Waals surface area contributed by atoms with E-state index < -0.39 is 6.03 Å². The number of Topliss-reactive ketones (excluding diaryl/α,β-unsaturated/α-hetero) is 1. The van der Waals surface area contributed by atoms with Gasteiger partial charge in [-0.1, -0.05) is 19.9 Å². The van der Waals surface area contributed by atoms with Gasteiger partial charge >= 0.3 is 6.03 Å². The summed E-state index contributed by atoms with van der Waals surface area (Å²) < 4.78 is 1.49. The molecule has 188 valence electrons. The summed E-state index contributed by atoms with van der Waals surface area (Å²) in [5.41, 5.74) is 15.8. The van der Waals surface area contributed by atoms with Crippen molar-refractivity contribution in [3.63, 3.8) is 0 Å². The number of hydrogen-bond donors (Lipinski definition) is 3. The Labute approximate surface area is 208 Å². The van der Waals surface area contributed by atoms with Crippen LogP contribution < -0.4 is 11.5 Å². The molecule has 0 saturated heterocycles. The number of pyridine rings is 1. The van der Waals surface area contributed by atoms with E-state index in [1.165, 1.54) is 11.4 Å². The Kier molecular flexibility index (Phi) is 7.28. The minimum absolute atomic E-state index is 0.0655. The van der Waals surface area contributed by atoms with Gasteiger partial charge < -0.3 is 21.4 Å². The van der Waals surface area contributed by atoms with Crippen LogP contribution in [0.15, 0.2) is 36.9 Å².